The summed E-state index contributed by atoms with van der Waals surface area (Å²) in [5.41, 5.74) is 3.65. The Labute approximate surface area is 319 Å². The molecule has 0 radical (unpaired) electrons. The smallest absolute Gasteiger partial charge is 0.205 e. The second kappa shape index (κ2) is 15.3. The average Bonchev–Trinajstić information content (AvgIpc) is 3.05. The van der Waals surface area contributed by atoms with E-state index in [9.17, 15) is 5.11 Å². The van der Waals surface area contributed by atoms with Gasteiger partial charge in [0.05, 0.1) is 6.10 Å². The van der Waals surface area contributed by atoms with Gasteiger partial charge in [-0.05, 0) is 164 Å². The minimum absolute atomic E-state index is 0.112. The van der Waals surface area contributed by atoms with E-state index in [1.807, 2.05) is 12.1 Å². The van der Waals surface area contributed by atoms with Crippen molar-refractivity contribution in [2.45, 2.75) is 190 Å². The molecule has 4 bridgehead atoms. The first-order chi connectivity index (χ1) is 24.3. The average molecular weight is 713 g/mol. The topological polar surface area (TPSA) is 38.7 Å². The highest BCUT2D eigenvalue weighted by molar-refractivity contribution is 5.32. The standard InChI is InChI=1S/C49H76O3/c1-45(2,3)32-43(38-16-20-39(50)21-17-38)48(9,10)25-24-47(7,8)33-42(46(4,5)6)37-18-22-41(23-19-37)52-44(51-40-14-12-11-13-15-40)49-29-34-26-35(30-49)28-36(27-34)31-49/h16-23,34-36,40,42-44,50H,11-15,24-33H2,1-10H3. The predicted octanol–water partition coefficient (Wildman–Crippen LogP) is 14.2. The van der Waals surface area contributed by atoms with Crippen molar-refractivity contribution in [1.82, 2.24) is 0 Å². The number of rotatable bonds is 14. The second-order valence-corrected chi connectivity index (χ2v) is 22.4. The molecule has 0 amide bonds. The van der Waals surface area contributed by atoms with Crippen LogP contribution in [0.1, 0.15) is 189 Å². The number of ether oxygens (including phenoxy) is 2. The van der Waals surface area contributed by atoms with Gasteiger partial charge in [-0.15, -0.1) is 0 Å². The van der Waals surface area contributed by atoms with E-state index in [-0.39, 0.29) is 33.4 Å². The maximum absolute atomic E-state index is 10.0. The van der Waals surface area contributed by atoms with Crippen LogP contribution >= 0.6 is 0 Å². The third-order valence-electron chi connectivity index (χ3n) is 14.3. The molecule has 5 aliphatic rings. The van der Waals surface area contributed by atoms with E-state index in [0.717, 1.165) is 42.8 Å². The Bertz CT molecular complexity index is 1390. The van der Waals surface area contributed by atoms with Crippen LogP contribution in [0.2, 0.25) is 0 Å². The fourth-order valence-corrected chi connectivity index (χ4v) is 11.6. The van der Waals surface area contributed by atoms with Crippen LogP contribution < -0.4 is 4.74 Å². The molecule has 290 valence electrons. The van der Waals surface area contributed by atoms with Crippen LogP contribution in [0.3, 0.4) is 0 Å². The van der Waals surface area contributed by atoms with E-state index in [1.165, 1.54) is 88.2 Å². The third-order valence-corrected chi connectivity index (χ3v) is 14.3. The maximum atomic E-state index is 10.0. The molecular formula is C49H76O3. The zero-order valence-corrected chi connectivity index (χ0v) is 35.0. The molecule has 3 heteroatoms. The van der Waals surface area contributed by atoms with Gasteiger partial charge in [0.2, 0.25) is 6.29 Å². The SMILES string of the molecule is CC(C)(C)CC(c1ccc(O)cc1)C(C)(C)CCC(C)(C)CC(c1ccc(OC(OC2CCCCC2)C23CC4CC(CC(C4)C2)C3)cc1)C(C)(C)C. The summed E-state index contributed by atoms with van der Waals surface area (Å²) in [6.45, 7) is 24.3. The molecule has 2 aromatic carbocycles. The first-order valence-electron chi connectivity index (χ1n) is 21.5. The molecule has 0 spiro atoms. The van der Waals surface area contributed by atoms with Gasteiger partial charge in [0, 0.05) is 5.41 Å². The summed E-state index contributed by atoms with van der Waals surface area (Å²) in [5, 5.41) is 10.0. The van der Waals surface area contributed by atoms with Gasteiger partial charge in [0.15, 0.2) is 0 Å². The summed E-state index contributed by atoms with van der Waals surface area (Å²) in [7, 11) is 0. The zero-order chi connectivity index (χ0) is 37.5. The Morgan fingerprint density at radius 2 is 1.17 bits per heavy atom. The summed E-state index contributed by atoms with van der Waals surface area (Å²) in [4.78, 5) is 0. The molecule has 3 unspecified atom stereocenters. The van der Waals surface area contributed by atoms with Crippen molar-refractivity contribution >= 4 is 0 Å². The Balaban J connectivity index is 1.16. The largest absolute Gasteiger partial charge is 0.508 e. The second-order valence-electron chi connectivity index (χ2n) is 22.4. The summed E-state index contributed by atoms with van der Waals surface area (Å²) in [5.74, 6) is 4.86. The normalized spacial score (nSPS) is 27.4. The summed E-state index contributed by atoms with van der Waals surface area (Å²) < 4.78 is 14.1. The van der Waals surface area contributed by atoms with Crippen LogP contribution in [0.4, 0.5) is 0 Å². The summed E-state index contributed by atoms with van der Waals surface area (Å²) >= 11 is 0. The van der Waals surface area contributed by atoms with E-state index in [1.54, 1.807) is 0 Å². The lowest BCUT2D eigenvalue weighted by Crippen LogP contribution is -2.55. The van der Waals surface area contributed by atoms with Crippen molar-refractivity contribution in [3.05, 3.63) is 59.7 Å². The quantitative estimate of drug-likeness (QED) is 0.198. The van der Waals surface area contributed by atoms with Gasteiger partial charge in [0.25, 0.3) is 0 Å². The van der Waals surface area contributed by atoms with Gasteiger partial charge in [-0.2, -0.15) is 0 Å². The molecule has 0 aliphatic heterocycles. The number of benzene rings is 2. The van der Waals surface area contributed by atoms with Crippen LogP contribution in [-0.2, 0) is 4.74 Å². The van der Waals surface area contributed by atoms with Gasteiger partial charge in [-0.1, -0.05) is 113 Å². The number of hydrogen-bond acceptors (Lipinski definition) is 3. The highest BCUT2D eigenvalue weighted by Crippen LogP contribution is 2.62. The van der Waals surface area contributed by atoms with Crippen LogP contribution in [-0.4, -0.2) is 17.5 Å². The highest BCUT2D eigenvalue weighted by atomic mass is 16.7. The van der Waals surface area contributed by atoms with Crippen LogP contribution in [0.15, 0.2) is 48.5 Å². The molecule has 5 aliphatic carbocycles. The fraction of sp³-hybridized carbons (Fsp3) is 0.755. The summed E-state index contributed by atoms with van der Waals surface area (Å²) in [6.07, 6.45) is 19.4. The van der Waals surface area contributed by atoms with E-state index < -0.39 is 0 Å². The Morgan fingerprint density at radius 1 is 0.654 bits per heavy atom. The van der Waals surface area contributed by atoms with Gasteiger partial charge in [0.1, 0.15) is 11.5 Å². The maximum Gasteiger partial charge on any atom is 0.205 e. The van der Waals surface area contributed by atoms with Crippen molar-refractivity contribution in [3.8, 4) is 11.5 Å². The number of hydrogen-bond donors (Lipinski definition) is 1. The van der Waals surface area contributed by atoms with Crippen LogP contribution in [0.5, 0.6) is 11.5 Å². The Hall–Kier alpha value is -2.00. The number of aromatic hydroxyl groups is 1. The molecule has 52 heavy (non-hydrogen) atoms. The molecule has 0 heterocycles. The van der Waals surface area contributed by atoms with Crippen molar-refractivity contribution in [2.75, 3.05) is 0 Å². The lowest BCUT2D eigenvalue weighted by molar-refractivity contribution is -0.236. The third kappa shape index (κ3) is 9.80. The van der Waals surface area contributed by atoms with Gasteiger partial charge >= 0.3 is 0 Å². The van der Waals surface area contributed by atoms with Crippen molar-refractivity contribution in [3.63, 3.8) is 0 Å². The number of phenols is 1. The molecular weight excluding hydrogens is 637 g/mol. The molecule has 0 saturated heterocycles. The van der Waals surface area contributed by atoms with E-state index in [0.29, 0.717) is 23.7 Å². The predicted molar refractivity (Wildman–Crippen MR) is 218 cm³/mol. The molecule has 3 nitrogen and oxygen atoms in total. The molecule has 2 aromatic rings. The lowest BCUT2D eigenvalue weighted by Gasteiger charge is -2.58. The molecule has 3 atom stereocenters. The van der Waals surface area contributed by atoms with Gasteiger partial charge < -0.3 is 14.6 Å². The molecule has 5 saturated carbocycles. The van der Waals surface area contributed by atoms with Crippen LogP contribution in [0, 0.1) is 44.8 Å². The number of phenolic OH excluding ortho intramolecular Hbond substituents is 1. The monoisotopic (exact) mass is 713 g/mol. The molecule has 1 N–H and O–H groups in total. The van der Waals surface area contributed by atoms with E-state index in [2.05, 4.69) is 106 Å². The summed E-state index contributed by atoms with van der Waals surface area (Å²) in [6, 6.07) is 17.3. The fourth-order valence-electron chi connectivity index (χ4n) is 11.6. The van der Waals surface area contributed by atoms with Gasteiger partial charge in [-0.25, -0.2) is 0 Å². The minimum atomic E-state index is -0.112. The van der Waals surface area contributed by atoms with Crippen LogP contribution in [0.25, 0.3) is 0 Å². The first-order valence-corrected chi connectivity index (χ1v) is 21.5. The lowest BCUT2D eigenvalue weighted by atomic mass is 9.49. The Morgan fingerprint density at radius 3 is 1.69 bits per heavy atom. The molecule has 5 fully saturated rings. The Kier molecular flexibility index (Phi) is 11.6. The van der Waals surface area contributed by atoms with Crippen molar-refractivity contribution < 1.29 is 14.6 Å². The zero-order valence-electron chi connectivity index (χ0n) is 35.0. The van der Waals surface area contributed by atoms with Gasteiger partial charge in [-0.3, -0.25) is 0 Å². The minimum Gasteiger partial charge on any atom is -0.508 e. The molecule has 7 rings (SSSR count). The highest BCUT2D eigenvalue weighted by Gasteiger charge is 2.56. The molecule has 0 aromatic heterocycles. The van der Waals surface area contributed by atoms with Crippen molar-refractivity contribution in [2.24, 2.45) is 44.8 Å². The van der Waals surface area contributed by atoms with Crippen molar-refractivity contribution in [1.29, 1.82) is 0 Å². The first kappa shape index (κ1) is 39.7. The van der Waals surface area contributed by atoms with E-state index in [4.69, 9.17) is 9.47 Å². The van der Waals surface area contributed by atoms with E-state index >= 15 is 0 Å².